The van der Waals surface area contributed by atoms with Crippen molar-refractivity contribution >= 4 is 15.9 Å². The lowest BCUT2D eigenvalue weighted by Gasteiger charge is -2.32. The van der Waals surface area contributed by atoms with Gasteiger partial charge in [-0.25, -0.2) is 8.42 Å². The summed E-state index contributed by atoms with van der Waals surface area (Å²) in [6.07, 6.45) is 0.744. The molecule has 3 rings (SSSR count). The molecule has 156 valence electrons. The van der Waals surface area contributed by atoms with Crippen LogP contribution in [0, 0.1) is 6.92 Å². The summed E-state index contributed by atoms with van der Waals surface area (Å²) in [5, 5.41) is 3.03. The first-order chi connectivity index (χ1) is 13.8. The molecule has 0 aliphatic carbocycles. The van der Waals surface area contributed by atoms with Gasteiger partial charge in [-0.15, -0.1) is 0 Å². The molecule has 1 fully saturated rings. The van der Waals surface area contributed by atoms with Gasteiger partial charge in [0.15, 0.2) is 0 Å². The molecular formula is C22H29N3O3S. The monoisotopic (exact) mass is 415 g/mol. The molecule has 1 aliphatic rings. The Kier molecular flexibility index (Phi) is 6.72. The van der Waals surface area contributed by atoms with Gasteiger partial charge in [-0.1, -0.05) is 43.3 Å². The molecule has 1 N–H and O–H groups in total. The molecule has 29 heavy (non-hydrogen) atoms. The summed E-state index contributed by atoms with van der Waals surface area (Å²) in [5.41, 5.74) is 2.04. The van der Waals surface area contributed by atoms with E-state index in [-0.39, 0.29) is 16.8 Å². The molecule has 7 heteroatoms. The molecular weight excluding hydrogens is 386 g/mol. The Balaban J connectivity index is 1.83. The van der Waals surface area contributed by atoms with Crippen LogP contribution in [-0.4, -0.2) is 56.8 Å². The first-order valence-electron chi connectivity index (χ1n) is 9.98. The quantitative estimate of drug-likeness (QED) is 0.788. The van der Waals surface area contributed by atoms with Crippen molar-refractivity contribution in [2.24, 2.45) is 0 Å². The van der Waals surface area contributed by atoms with E-state index in [0.29, 0.717) is 37.3 Å². The number of carbonyl (C=O) groups excluding carboxylic acids is 1. The molecule has 1 atom stereocenters. The summed E-state index contributed by atoms with van der Waals surface area (Å²) in [4.78, 5) is 15.2. The van der Waals surface area contributed by atoms with Gasteiger partial charge < -0.3 is 10.2 Å². The lowest BCUT2D eigenvalue weighted by Crippen LogP contribution is -2.47. The van der Waals surface area contributed by atoms with Crippen molar-refractivity contribution < 1.29 is 13.2 Å². The summed E-state index contributed by atoms with van der Waals surface area (Å²) in [7, 11) is -1.65. The Bertz CT molecular complexity index is 953. The van der Waals surface area contributed by atoms with E-state index in [1.54, 1.807) is 19.1 Å². The van der Waals surface area contributed by atoms with Gasteiger partial charge in [-0.05, 0) is 43.7 Å². The average Bonchev–Trinajstić information content (AvgIpc) is 2.73. The summed E-state index contributed by atoms with van der Waals surface area (Å²) in [6.45, 7) is 6.10. The molecule has 6 nitrogen and oxygen atoms in total. The largest absolute Gasteiger partial charge is 0.345 e. The van der Waals surface area contributed by atoms with E-state index < -0.39 is 10.0 Å². The topological polar surface area (TPSA) is 69.7 Å². The number of piperazine rings is 1. The zero-order chi connectivity index (χ0) is 21.0. The number of nitrogens with one attached hydrogen (secondary N) is 1. The molecule has 2 aromatic rings. The minimum Gasteiger partial charge on any atom is -0.345 e. The standard InChI is InChI=1S/C22H29N3O3S/c1-4-20(18-8-6-5-7-9-18)23-22(26)19-11-10-17(2)21(16-19)29(27,28)25-14-12-24(3)13-15-25/h5-11,16,20H,4,12-15H2,1-3H3,(H,23,26)/t20-/m1/s1. The van der Waals surface area contributed by atoms with E-state index in [9.17, 15) is 13.2 Å². The second kappa shape index (κ2) is 9.07. The van der Waals surface area contributed by atoms with Crippen molar-refractivity contribution in [1.29, 1.82) is 0 Å². The molecule has 0 spiro atoms. The Morgan fingerprint density at radius 2 is 1.72 bits per heavy atom. The lowest BCUT2D eigenvalue weighted by atomic mass is 10.0. The predicted octanol–water partition coefficient (Wildman–Crippen LogP) is 2.81. The summed E-state index contributed by atoms with van der Waals surface area (Å²) < 4.78 is 27.8. The Morgan fingerprint density at radius 3 is 2.34 bits per heavy atom. The van der Waals surface area contributed by atoms with Gasteiger partial charge in [0.2, 0.25) is 10.0 Å². The highest BCUT2D eigenvalue weighted by Crippen LogP contribution is 2.23. The third-order valence-electron chi connectivity index (χ3n) is 5.45. The number of aryl methyl sites for hydroxylation is 1. The SMILES string of the molecule is CC[C@@H](NC(=O)c1ccc(C)c(S(=O)(=O)N2CCN(C)CC2)c1)c1ccccc1. The van der Waals surface area contributed by atoms with Gasteiger partial charge in [-0.2, -0.15) is 4.31 Å². The second-order valence-electron chi connectivity index (χ2n) is 7.53. The van der Waals surface area contributed by atoms with Gasteiger partial charge in [-0.3, -0.25) is 4.79 Å². The zero-order valence-electron chi connectivity index (χ0n) is 17.3. The van der Waals surface area contributed by atoms with Gasteiger partial charge in [0.1, 0.15) is 0 Å². The summed E-state index contributed by atoms with van der Waals surface area (Å²) in [5.74, 6) is -0.268. The number of amides is 1. The second-order valence-corrected chi connectivity index (χ2v) is 9.44. The summed E-state index contributed by atoms with van der Waals surface area (Å²) >= 11 is 0. The van der Waals surface area contributed by atoms with Gasteiger partial charge in [0.05, 0.1) is 10.9 Å². The van der Waals surface area contributed by atoms with Crippen LogP contribution in [0.4, 0.5) is 0 Å². The van der Waals surface area contributed by atoms with E-state index in [1.807, 2.05) is 44.3 Å². The van der Waals surface area contributed by atoms with Crippen LogP contribution in [0.5, 0.6) is 0 Å². The lowest BCUT2D eigenvalue weighted by molar-refractivity contribution is 0.0935. The number of likely N-dealkylation sites (N-methyl/N-ethyl adjacent to an activating group) is 1. The number of sulfonamides is 1. The van der Waals surface area contributed by atoms with Crippen molar-refractivity contribution in [3.63, 3.8) is 0 Å². The summed E-state index contributed by atoms with van der Waals surface area (Å²) in [6, 6.07) is 14.6. The van der Waals surface area contributed by atoms with E-state index >= 15 is 0 Å². The number of hydrogen-bond acceptors (Lipinski definition) is 4. The molecule has 1 heterocycles. The van der Waals surface area contributed by atoms with Crippen molar-refractivity contribution in [2.75, 3.05) is 33.2 Å². The highest BCUT2D eigenvalue weighted by molar-refractivity contribution is 7.89. The fourth-order valence-corrected chi connectivity index (χ4v) is 5.21. The number of rotatable bonds is 6. The maximum atomic E-state index is 13.2. The third-order valence-corrected chi connectivity index (χ3v) is 7.49. The number of hydrogen-bond donors (Lipinski definition) is 1. The van der Waals surface area contributed by atoms with Gasteiger partial charge in [0.25, 0.3) is 5.91 Å². The molecule has 0 bridgehead atoms. The Morgan fingerprint density at radius 1 is 1.07 bits per heavy atom. The minimum atomic E-state index is -3.63. The third kappa shape index (κ3) is 4.86. The van der Waals surface area contributed by atoms with Gasteiger partial charge in [0, 0.05) is 31.7 Å². The van der Waals surface area contributed by atoms with Crippen LogP contribution in [0.2, 0.25) is 0 Å². The Labute approximate surface area is 173 Å². The zero-order valence-corrected chi connectivity index (χ0v) is 18.1. The first kappa shape index (κ1) is 21.5. The van der Waals surface area contributed by atoms with Crippen LogP contribution in [0.15, 0.2) is 53.4 Å². The van der Waals surface area contributed by atoms with Crippen molar-refractivity contribution in [2.45, 2.75) is 31.2 Å². The molecule has 0 radical (unpaired) electrons. The molecule has 0 saturated carbocycles. The highest BCUT2D eigenvalue weighted by atomic mass is 32.2. The van der Waals surface area contributed by atoms with Crippen molar-refractivity contribution in [3.8, 4) is 0 Å². The normalized spacial score (nSPS) is 17.1. The van der Waals surface area contributed by atoms with E-state index in [2.05, 4.69) is 10.2 Å². The maximum Gasteiger partial charge on any atom is 0.251 e. The van der Waals surface area contributed by atoms with E-state index in [1.165, 1.54) is 10.4 Å². The van der Waals surface area contributed by atoms with Crippen LogP contribution in [0.1, 0.15) is 40.9 Å². The fraction of sp³-hybridized carbons (Fsp3) is 0.409. The van der Waals surface area contributed by atoms with Crippen LogP contribution in [-0.2, 0) is 10.0 Å². The van der Waals surface area contributed by atoms with E-state index in [4.69, 9.17) is 0 Å². The number of carbonyl (C=O) groups is 1. The van der Waals surface area contributed by atoms with Gasteiger partial charge >= 0.3 is 0 Å². The van der Waals surface area contributed by atoms with Crippen LogP contribution >= 0.6 is 0 Å². The minimum absolute atomic E-state index is 0.123. The van der Waals surface area contributed by atoms with Crippen LogP contribution in [0.25, 0.3) is 0 Å². The molecule has 0 aromatic heterocycles. The fourth-order valence-electron chi connectivity index (χ4n) is 3.53. The molecule has 1 saturated heterocycles. The molecule has 2 aromatic carbocycles. The molecule has 0 unspecified atom stereocenters. The molecule has 1 amide bonds. The van der Waals surface area contributed by atoms with Crippen molar-refractivity contribution in [3.05, 3.63) is 65.2 Å². The maximum absolute atomic E-state index is 13.2. The highest BCUT2D eigenvalue weighted by Gasteiger charge is 2.29. The van der Waals surface area contributed by atoms with Crippen LogP contribution in [0.3, 0.4) is 0 Å². The number of benzene rings is 2. The van der Waals surface area contributed by atoms with Crippen molar-refractivity contribution in [1.82, 2.24) is 14.5 Å². The smallest absolute Gasteiger partial charge is 0.251 e. The first-order valence-corrected chi connectivity index (χ1v) is 11.4. The Hall–Kier alpha value is -2.22. The molecule has 1 aliphatic heterocycles. The van der Waals surface area contributed by atoms with E-state index in [0.717, 1.165) is 12.0 Å². The van der Waals surface area contributed by atoms with Crippen LogP contribution < -0.4 is 5.32 Å². The predicted molar refractivity (Wildman–Crippen MR) is 114 cm³/mol. The average molecular weight is 416 g/mol. The number of nitrogens with zero attached hydrogens (tertiary/aromatic N) is 2.